The molecule has 0 aliphatic carbocycles. The van der Waals surface area contributed by atoms with Crippen molar-refractivity contribution >= 4 is 16.8 Å². The maximum Gasteiger partial charge on any atom is 0.268 e. The maximum atomic E-state index is 12.6. The number of aromatic nitrogens is 1. The van der Waals surface area contributed by atoms with E-state index < -0.39 is 0 Å². The van der Waals surface area contributed by atoms with Crippen molar-refractivity contribution in [3.63, 3.8) is 0 Å². The summed E-state index contributed by atoms with van der Waals surface area (Å²) in [6.07, 6.45) is 0. The van der Waals surface area contributed by atoms with E-state index in [1.54, 1.807) is 6.92 Å². The number of hydrogen-bond donors (Lipinski definition) is 2. The van der Waals surface area contributed by atoms with Crippen molar-refractivity contribution in [1.82, 2.24) is 9.88 Å². The van der Waals surface area contributed by atoms with Gasteiger partial charge in [0.15, 0.2) is 0 Å². The molecule has 0 aliphatic heterocycles. The van der Waals surface area contributed by atoms with Gasteiger partial charge in [-0.05, 0) is 24.6 Å². The van der Waals surface area contributed by atoms with Crippen LogP contribution >= 0.6 is 0 Å². The molecule has 1 heterocycles. The number of hydrogen-bond acceptors (Lipinski definition) is 2. The van der Waals surface area contributed by atoms with Gasteiger partial charge in [-0.3, -0.25) is 4.79 Å². The summed E-state index contributed by atoms with van der Waals surface area (Å²) in [6.45, 7) is 2.33. The SMILES string of the molecule is CC(CO)NC(=O)c1cc2ccccc2n1Cc1ccccc1. The van der Waals surface area contributed by atoms with Crippen molar-refractivity contribution in [1.29, 1.82) is 0 Å². The lowest BCUT2D eigenvalue weighted by atomic mass is 10.2. The average molecular weight is 308 g/mol. The molecule has 2 N–H and O–H groups in total. The first kappa shape index (κ1) is 15.3. The molecule has 0 aliphatic rings. The molecule has 0 fully saturated rings. The summed E-state index contributed by atoms with van der Waals surface area (Å²) in [5, 5.41) is 13.0. The number of aliphatic hydroxyl groups is 1. The molecule has 4 heteroatoms. The van der Waals surface area contributed by atoms with E-state index in [9.17, 15) is 4.79 Å². The fraction of sp³-hybridized carbons (Fsp3) is 0.211. The highest BCUT2D eigenvalue weighted by Gasteiger charge is 2.17. The second-order valence-electron chi connectivity index (χ2n) is 5.72. The number of nitrogens with one attached hydrogen (secondary N) is 1. The fourth-order valence-electron chi connectivity index (χ4n) is 2.68. The molecule has 3 aromatic rings. The van der Waals surface area contributed by atoms with Gasteiger partial charge in [-0.2, -0.15) is 0 Å². The van der Waals surface area contributed by atoms with Gasteiger partial charge in [-0.1, -0.05) is 48.5 Å². The Hall–Kier alpha value is -2.59. The van der Waals surface area contributed by atoms with Crippen LogP contribution < -0.4 is 5.32 Å². The zero-order valence-electron chi connectivity index (χ0n) is 13.1. The van der Waals surface area contributed by atoms with Gasteiger partial charge in [0.1, 0.15) is 5.69 Å². The zero-order valence-corrected chi connectivity index (χ0v) is 13.1. The molecule has 0 saturated carbocycles. The molecule has 0 bridgehead atoms. The maximum absolute atomic E-state index is 12.6. The van der Waals surface area contributed by atoms with Crippen LogP contribution in [0.15, 0.2) is 60.7 Å². The molecule has 1 amide bonds. The standard InChI is InChI=1S/C19H20N2O2/c1-14(13-22)20-19(23)18-11-16-9-5-6-10-17(16)21(18)12-15-7-3-2-4-8-15/h2-11,14,22H,12-13H2,1H3,(H,20,23). The highest BCUT2D eigenvalue weighted by molar-refractivity contribution is 5.99. The van der Waals surface area contributed by atoms with Crippen LogP contribution in [0.1, 0.15) is 23.0 Å². The molecule has 1 atom stereocenters. The van der Waals surface area contributed by atoms with Gasteiger partial charge in [0, 0.05) is 23.5 Å². The predicted molar refractivity (Wildman–Crippen MR) is 91.5 cm³/mol. The van der Waals surface area contributed by atoms with Crippen molar-refractivity contribution in [2.24, 2.45) is 0 Å². The summed E-state index contributed by atoms with van der Waals surface area (Å²) < 4.78 is 2.02. The summed E-state index contributed by atoms with van der Waals surface area (Å²) in [4.78, 5) is 12.6. The van der Waals surface area contributed by atoms with Gasteiger partial charge in [0.2, 0.25) is 0 Å². The lowest BCUT2D eigenvalue weighted by molar-refractivity contribution is 0.0914. The normalized spacial score (nSPS) is 12.3. The van der Waals surface area contributed by atoms with E-state index in [4.69, 9.17) is 5.11 Å². The third kappa shape index (κ3) is 3.27. The lowest BCUT2D eigenvalue weighted by Gasteiger charge is -2.14. The second-order valence-corrected chi connectivity index (χ2v) is 5.72. The van der Waals surface area contributed by atoms with Crippen LogP contribution in [-0.2, 0) is 6.54 Å². The predicted octanol–water partition coefficient (Wildman–Crippen LogP) is 2.80. The van der Waals surface area contributed by atoms with E-state index in [0.717, 1.165) is 16.5 Å². The summed E-state index contributed by atoms with van der Waals surface area (Å²) in [5.41, 5.74) is 2.77. The molecule has 0 radical (unpaired) electrons. The van der Waals surface area contributed by atoms with Crippen LogP contribution in [0.2, 0.25) is 0 Å². The number of nitrogens with zero attached hydrogens (tertiary/aromatic N) is 1. The summed E-state index contributed by atoms with van der Waals surface area (Å²) in [6, 6.07) is 19.7. The molecule has 2 aromatic carbocycles. The first-order valence-corrected chi connectivity index (χ1v) is 7.73. The number of fused-ring (bicyclic) bond motifs is 1. The Labute approximate surface area is 135 Å². The van der Waals surface area contributed by atoms with Crippen LogP contribution in [0.5, 0.6) is 0 Å². The summed E-state index contributed by atoms with van der Waals surface area (Å²) in [7, 11) is 0. The minimum atomic E-state index is -0.273. The van der Waals surface area contributed by atoms with Gasteiger partial charge in [0.25, 0.3) is 5.91 Å². The lowest BCUT2D eigenvalue weighted by Crippen LogP contribution is -2.36. The zero-order chi connectivity index (χ0) is 16.2. The van der Waals surface area contributed by atoms with Crippen molar-refractivity contribution < 1.29 is 9.90 Å². The molecule has 0 saturated heterocycles. The fourth-order valence-corrected chi connectivity index (χ4v) is 2.68. The molecule has 118 valence electrons. The topological polar surface area (TPSA) is 54.3 Å². The molecule has 3 rings (SSSR count). The van der Waals surface area contributed by atoms with E-state index in [1.807, 2.05) is 65.2 Å². The molecule has 1 unspecified atom stereocenters. The third-order valence-electron chi connectivity index (χ3n) is 3.88. The Balaban J connectivity index is 2.02. The minimum absolute atomic E-state index is 0.0787. The number of amides is 1. The van der Waals surface area contributed by atoms with Gasteiger partial charge in [-0.15, -0.1) is 0 Å². The van der Waals surface area contributed by atoms with Gasteiger partial charge in [0.05, 0.1) is 6.61 Å². The van der Waals surface area contributed by atoms with Gasteiger partial charge < -0.3 is 15.0 Å². The monoisotopic (exact) mass is 308 g/mol. The van der Waals surface area contributed by atoms with Crippen molar-refractivity contribution in [2.75, 3.05) is 6.61 Å². The van der Waals surface area contributed by atoms with Gasteiger partial charge >= 0.3 is 0 Å². The Bertz CT molecular complexity index is 809. The van der Waals surface area contributed by atoms with Gasteiger partial charge in [-0.25, -0.2) is 0 Å². The number of para-hydroxylation sites is 1. The Morgan fingerprint density at radius 3 is 2.57 bits per heavy atom. The van der Waals surface area contributed by atoms with E-state index in [0.29, 0.717) is 12.2 Å². The molecular formula is C19H20N2O2. The van der Waals surface area contributed by atoms with Crippen LogP contribution in [0.4, 0.5) is 0 Å². The van der Waals surface area contributed by atoms with Crippen LogP contribution in [0.3, 0.4) is 0 Å². The smallest absolute Gasteiger partial charge is 0.268 e. The number of aliphatic hydroxyl groups excluding tert-OH is 1. The third-order valence-corrected chi connectivity index (χ3v) is 3.88. The van der Waals surface area contributed by atoms with E-state index in [2.05, 4.69) is 5.32 Å². The summed E-state index contributed by atoms with van der Waals surface area (Å²) in [5.74, 6) is -0.168. The quantitative estimate of drug-likeness (QED) is 0.761. The highest BCUT2D eigenvalue weighted by Crippen LogP contribution is 2.21. The molecule has 0 spiro atoms. The number of benzene rings is 2. The van der Waals surface area contributed by atoms with E-state index >= 15 is 0 Å². The first-order chi connectivity index (χ1) is 11.2. The molecule has 4 nitrogen and oxygen atoms in total. The average Bonchev–Trinajstić information content (AvgIpc) is 2.94. The minimum Gasteiger partial charge on any atom is -0.394 e. The highest BCUT2D eigenvalue weighted by atomic mass is 16.3. The molecule has 1 aromatic heterocycles. The number of rotatable bonds is 5. The Morgan fingerprint density at radius 2 is 1.83 bits per heavy atom. The van der Waals surface area contributed by atoms with E-state index in [1.165, 1.54) is 0 Å². The van der Waals surface area contributed by atoms with Crippen LogP contribution in [0, 0.1) is 0 Å². The number of carbonyl (C=O) groups excluding carboxylic acids is 1. The molecule has 23 heavy (non-hydrogen) atoms. The van der Waals surface area contributed by atoms with Crippen LogP contribution in [-0.4, -0.2) is 28.2 Å². The Kier molecular flexibility index (Phi) is 4.44. The van der Waals surface area contributed by atoms with Crippen molar-refractivity contribution in [3.05, 3.63) is 71.9 Å². The van der Waals surface area contributed by atoms with Crippen molar-refractivity contribution in [3.8, 4) is 0 Å². The van der Waals surface area contributed by atoms with E-state index in [-0.39, 0.29) is 18.6 Å². The molecular weight excluding hydrogens is 288 g/mol. The number of carbonyl (C=O) groups is 1. The largest absolute Gasteiger partial charge is 0.394 e. The van der Waals surface area contributed by atoms with Crippen LogP contribution in [0.25, 0.3) is 10.9 Å². The Morgan fingerprint density at radius 1 is 1.13 bits per heavy atom. The first-order valence-electron chi connectivity index (χ1n) is 7.73. The van der Waals surface area contributed by atoms with Crippen molar-refractivity contribution in [2.45, 2.75) is 19.5 Å². The summed E-state index contributed by atoms with van der Waals surface area (Å²) >= 11 is 0. The second kappa shape index (κ2) is 6.67.